The molecule has 5 nitrogen and oxygen atoms in total. The highest BCUT2D eigenvalue weighted by molar-refractivity contribution is 7.87. The third-order valence-electron chi connectivity index (χ3n) is 1.57. The first-order valence-corrected chi connectivity index (χ1v) is 5.40. The van der Waals surface area contributed by atoms with Crippen molar-refractivity contribution in [2.24, 2.45) is 0 Å². The van der Waals surface area contributed by atoms with Crippen LogP contribution in [0.5, 0.6) is 0 Å². The predicted octanol–water partition coefficient (Wildman–Crippen LogP) is 0.436. The molecule has 1 aromatic rings. The Hall–Kier alpha value is -1.11. The van der Waals surface area contributed by atoms with Gasteiger partial charge in [-0.3, -0.25) is 9.27 Å². The zero-order chi connectivity index (χ0) is 10.6. The molecule has 0 spiro atoms. The zero-order valence-electron chi connectivity index (χ0n) is 7.34. The van der Waals surface area contributed by atoms with Gasteiger partial charge in [0.1, 0.15) is 0 Å². The van der Waals surface area contributed by atoms with Gasteiger partial charge in [-0.25, -0.2) is 0 Å². The molecular weight excluding hydrogens is 206 g/mol. The van der Waals surface area contributed by atoms with E-state index in [0.717, 1.165) is 5.56 Å². The van der Waals surface area contributed by atoms with E-state index in [9.17, 15) is 8.42 Å². The van der Waals surface area contributed by atoms with Gasteiger partial charge in [0, 0.05) is 6.61 Å². The summed E-state index contributed by atoms with van der Waals surface area (Å²) in [6.07, 6.45) is 0.445. The first-order chi connectivity index (χ1) is 6.51. The molecular formula is C8H11NO4S. The largest absolute Gasteiger partial charge is 0.396 e. The summed E-state index contributed by atoms with van der Waals surface area (Å²) in [5.74, 6) is 0. The Labute approximate surface area is 82.3 Å². The molecule has 78 valence electrons. The lowest BCUT2D eigenvalue weighted by Crippen LogP contribution is -2.10. The van der Waals surface area contributed by atoms with Crippen LogP contribution in [0, 0.1) is 0 Å². The third-order valence-corrected chi connectivity index (χ3v) is 2.07. The van der Waals surface area contributed by atoms with Crippen molar-refractivity contribution in [3.05, 3.63) is 29.8 Å². The lowest BCUT2D eigenvalue weighted by atomic mass is 10.1. The van der Waals surface area contributed by atoms with Gasteiger partial charge >= 0.3 is 10.3 Å². The standard InChI is InChI=1S/C8H11NO4S/c10-5-4-7-2-1-3-8(6-7)9-14(11,12)13/h1-3,6,9-10H,4-5H2,(H,11,12,13). The third kappa shape index (κ3) is 3.73. The number of aliphatic hydroxyl groups is 1. The second kappa shape index (κ2) is 4.41. The van der Waals surface area contributed by atoms with Crippen LogP contribution in [0.15, 0.2) is 24.3 Å². The summed E-state index contributed by atoms with van der Waals surface area (Å²) in [6, 6.07) is 6.45. The van der Waals surface area contributed by atoms with E-state index in [1.54, 1.807) is 18.2 Å². The van der Waals surface area contributed by atoms with E-state index in [0.29, 0.717) is 6.42 Å². The van der Waals surface area contributed by atoms with Crippen molar-refractivity contribution >= 4 is 16.0 Å². The van der Waals surface area contributed by atoms with E-state index in [1.807, 2.05) is 4.72 Å². The maximum atomic E-state index is 10.5. The van der Waals surface area contributed by atoms with Gasteiger partial charge in [0.05, 0.1) is 5.69 Å². The average molecular weight is 217 g/mol. The molecule has 1 rings (SSSR count). The van der Waals surface area contributed by atoms with Crippen molar-refractivity contribution in [1.82, 2.24) is 0 Å². The molecule has 0 heterocycles. The van der Waals surface area contributed by atoms with Crippen LogP contribution in [-0.2, 0) is 16.7 Å². The van der Waals surface area contributed by atoms with E-state index in [-0.39, 0.29) is 12.3 Å². The highest BCUT2D eigenvalue weighted by Gasteiger charge is 2.03. The van der Waals surface area contributed by atoms with Crippen LogP contribution in [0.2, 0.25) is 0 Å². The Morgan fingerprint density at radius 2 is 2.07 bits per heavy atom. The molecule has 0 aromatic heterocycles. The van der Waals surface area contributed by atoms with E-state index >= 15 is 0 Å². The van der Waals surface area contributed by atoms with Crippen molar-refractivity contribution in [1.29, 1.82) is 0 Å². The summed E-state index contributed by atoms with van der Waals surface area (Å²) in [4.78, 5) is 0. The van der Waals surface area contributed by atoms with Gasteiger partial charge in [-0.1, -0.05) is 12.1 Å². The molecule has 14 heavy (non-hydrogen) atoms. The van der Waals surface area contributed by atoms with E-state index in [4.69, 9.17) is 9.66 Å². The number of anilines is 1. The molecule has 0 aliphatic carbocycles. The lowest BCUT2D eigenvalue weighted by Gasteiger charge is -2.04. The van der Waals surface area contributed by atoms with Gasteiger partial charge in [-0.15, -0.1) is 0 Å². The Morgan fingerprint density at radius 3 is 2.64 bits per heavy atom. The minimum atomic E-state index is -4.22. The van der Waals surface area contributed by atoms with Crippen LogP contribution in [-0.4, -0.2) is 24.7 Å². The highest BCUT2D eigenvalue weighted by Crippen LogP contribution is 2.11. The Balaban J connectivity index is 2.83. The minimum absolute atomic E-state index is 0.00463. The summed E-state index contributed by atoms with van der Waals surface area (Å²) >= 11 is 0. The molecule has 6 heteroatoms. The molecule has 0 saturated carbocycles. The average Bonchev–Trinajstić information content (AvgIpc) is 2.02. The summed E-state index contributed by atoms with van der Waals surface area (Å²) in [6.45, 7) is -0.00463. The maximum absolute atomic E-state index is 10.5. The molecule has 0 unspecified atom stereocenters. The van der Waals surface area contributed by atoms with Gasteiger partial charge in [0.25, 0.3) is 0 Å². The van der Waals surface area contributed by atoms with Crippen LogP contribution < -0.4 is 4.72 Å². The van der Waals surface area contributed by atoms with E-state index in [1.165, 1.54) is 6.07 Å². The summed E-state index contributed by atoms with van der Waals surface area (Å²) in [5.41, 5.74) is 1.07. The van der Waals surface area contributed by atoms with Crippen LogP contribution in [0.1, 0.15) is 5.56 Å². The van der Waals surface area contributed by atoms with E-state index < -0.39 is 10.3 Å². The molecule has 0 atom stereocenters. The molecule has 0 radical (unpaired) electrons. The maximum Gasteiger partial charge on any atom is 0.357 e. The van der Waals surface area contributed by atoms with Crippen molar-refractivity contribution in [2.75, 3.05) is 11.3 Å². The zero-order valence-corrected chi connectivity index (χ0v) is 8.16. The van der Waals surface area contributed by atoms with Crippen LogP contribution in [0.4, 0.5) is 5.69 Å². The van der Waals surface area contributed by atoms with Gasteiger partial charge < -0.3 is 5.11 Å². The predicted molar refractivity (Wildman–Crippen MR) is 52.4 cm³/mol. The van der Waals surface area contributed by atoms with Gasteiger partial charge in [0.15, 0.2) is 0 Å². The van der Waals surface area contributed by atoms with Gasteiger partial charge in [-0.2, -0.15) is 8.42 Å². The molecule has 1 aromatic carbocycles. The summed E-state index contributed by atoms with van der Waals surface area (Å²) in [5, 5.41) is 8.66. The van der Waals surface area contributed by atoms with E-state index in [2.05, 4.69) is 0 Å². The molecule has 0 aliphatic heterocycles. The SMILES string of the molecule is O=S(=O)(O)Nc1cccc(CCO)c1. The monoisotopic (exact) mass is 217 g/mol. The molecule has 0 saturated heterocycles. The van der Waals surface area contributed by atoms with Crippen LogP contribution in [0.3, 0.4) is 0 Å². The van der Waals surface area contributed by atoms with Crippen LogP contribution in [0.25, 0.3) is 0 Å². The first kappa shape index (κ1) is 11.0. The number of hydrogen-bond donors (Lipinski definition) is 3. The van der Waals surface area contributed by atoms with Gasteiger partial charge in [0.2, 0.25) is 0 Å². The highest BCUT2D eigenvalue weighted by atomic mass is 32.2. The van der Waals surface area contributed by atoms with Crippen molar-refractivity contribution in [3.8, 4) is 0 Å². The number of rotatable bonds is 4. The fraction of sp³-hybridized carbons (Fsp3) is 0.250. The second-order valence-electron chi connectivity index (χ2n) is 2.75. The normalized spacial score (nSPS) is 11.3. The fourth-order valence-corrected chi connectivity index (χ4v) is 1.49. The van der Waals surface area contributed by atoms with Crippen molar-refractivity contribution in [3.63, 3.8) is 0 Å². The minimum Gasteiger partial charge on any atom is -0.396 e. The Bertz CT molecular complexity index is 402. The Morgan fingerprint density at radius 1 is 1.36 bits per heavy atom. The van der Waals surface area contributed by atoms with Gasteiger partial charge in [-0.05, 0) is 24.1 Å². The second-order valence-corrected chi connectivity index (χ2v) is 3.91. The topological polar surface area (TPSA) is 86.6 Å². The van der Waals surface area contributed by atoms with Crippen molar-refractivity contribution in [2.45, 2.75) is 6.42 Å². The summed E-state index contributed by atoms with van der Waals surface area (Å²) < 4.78 is 31.4. The summed E-state index contributed by atoms with van der Waals surface area (Å²) in [7, 11) is -4.22. The van der Waals surface area contributed by atoms with Crippen LogP contribution >= 0.6 is 0 Å². The lowest BCUT2D eigenvalue weighted by molar-refractivity contribution is 0.299. The first-order valence-electron chi connectivity index (χ1n) is 3.96. The smallest absolute Gasteiger partial charge is 0.357 e. The van der Waals surface area contributed by atoms with Crippen molar-refractivity contribution < 1.29 is 18.1 Å². The molecule has 0 amide bonds. The fourth-order valence-electron chi connectivity index (χ4n) is 1.07. The molecule has 3 N–H and O–H groups in total. The Kier molecular flexibility index (Phi) is 3.45. The quantitative estimate of drug-likeness (QED) is 0.638. The number of aliphatic hydroxyl groups excluding tert-OH is 1. The molecule has 0 bridgehead atoms. The molecule has 0 fully saturated rings. The number of benzene rings is 1. The number of nitrogens with one attached hydrogen (secondary N) is 1. The molecule has 0 aliphatic rings. The number of hydrogen-bond acceptors (Lipinski definition) is 3.